The number of hydrogen-bond donors (Lipinski definition) is 0. The number of hydrogen-bond acceptors (Lipinski definition) is 5. The number of rotatable bonds is 8. The lowest BCUT2D eigenvalue weighted by atomic mass is 10.1. The SMILES string of the molecule is CC[C@H](C)Oc1cccc2c1cc(C(=O)N1CCN(Cc3ccc4c(c3)OCO4)CC1)n2Cc1ccccc1. The number of aromatic nitrogens is 1. The molecule has 1 amide bonds. The first-order valence-corrected chi connectivity index (χ1v) is 13.8. The van der Waals surface area contributed by atoms with Crippen molar-refractivity contribution < 1.29 is 19.0 Å². The van der Waals surface area contributed by atoms with Crippen molar-refractivity contribution >= 4 is 16.8 Å². The van der Waals surface area contributed by atoms with Crippen molar-refractivity contribution in [3.63, 3.8) is 0 Å². The molecule has 3 aromatic carbocycles. The minimum absolute atomic E-state index is 0.0688. The number of carbonyl (C=O) groups excluding carboxylic acids is 1. The number of carbonyl (C=O) groups is 1. The molecule has 0 spiro atoms. The molecule has 0 saturated carbocycles. The number of benzene rings is 3. The third-order valence-corrected chi connectivity index (χ3v) is 7.71. The molecule has 1 aromatic heterocycles. The fraction of sp³-hybridized carbons (Fsp3) is 0.344. The predicted octanol–water partition coefficient (Wildman–Crippen LogP) is 5.55. The van der Waals surface area contributed by atoms with Gasteiger partial charge in [0, 0.05) is 44.7 Å². The van der Waals surface area contributed by atoms with Crippen LogP contribution < -0.4 is 14.2 Å². The maximum absolute atomic E-state index is 14.0. The molecule has 0 radical (unpaired) electrons. The number of nitrogens with zero attached hydrogens (tertiary/aromatic N) is 3. The van der Waals surface area contributed by atoms with Crippen molar-refractivity contribution in [1.29, 1.82) is 0 Å². The van der Waals surface area contributed by atoms with Crippen LogP contribution in [0.5, 0.6) is 17.2 Å². The highest BCUT2D eigenvalue weighted by Gasteiger charge is 2.27. The summed E-state index contributed by atoms with van der Waals surface area (Å²) >= 11 is 0. The molecule has 1 fully saturated rings. The van der Waals surface area contributed by atoms with E-state index in [2.05, 4.69) is 53.6 Å². The highest BCUT2D eigenvalue weighted by molar-refractivity contribution is 6.00. The van der Waals surface area contributed by atoms with Crippen LogP contribution in [0.25, 0.3) is 10.9 Å². The second-order valence-corrected chi connectivity index (χ2v) is 10.4. The van der Waals surface area contributed by atoms with Gasteiger partial charge in [0.2, 0.25) is 6.79 Å². The molecule has 7 heteroatoms. The van der Waals surface area contributed by atoms with Gasteiger partial charge < -0.3 is 23.7 Å². The van der Waals surface area contributed by atoms with Gasteiger partial charge in [0.15, 0.2) is 11.5 Å². The summed E-state index contributed by atoms with van der Waals surface area (Å²) in [5.41, 5.74) is 4.07. The highest BCUT2D eigenvalue weighted by Crippen LogP contribution is 2.33. The third kappa shape index (κ3) is 5.32. The van der Waals surface area contributed by atoms with E-state index in [-0.39, 0.29) is 18.8 Å². The van der Waals surface area contributed by atoms with E-state index in [0.717, 1.165) is 59.8 Å². The van der Waals surface area contributed by atoms with Crippen LogP contribution in [0.4, 0.5) is 0 Å². The average Bonchev–Trinajstić information content (AvgIpc) is 3.59. The van der Waals surface area contributed by atoms with Gasteiger partial charge in [-0.25, -0.2) is 0 Å². The van der Waals surface area contributed by atoms with E-state index < -0.39 is 0 Å². The zero-order valence-corrected chi connectivity index (χ0v) is 22.6. The van der Waals surface area contributed by atoms with E-state index in [0.29, 0.717) is 25.3 Å². The van der Waals surface area contributed by atoms with Crippen molar-refractivity contribution in [2.24, 2.45) is 0 Å². The lowest BCUT2D eigenvalue weighted by Crippen LogP contribution is -2.48. The summed E-state index contributed by atoms with van der Waals surface area (Å²) in [7, 11) is 0. The molecule has 2 aliphatic heterocycles. The minimum atomic E-state index is 0.0688. The summed E-state index contributed by atoms with van der Waals surface area (Å²) in [6, 6.07) is 24.6. The fourth-order valence-electron chi connectivity index (χ4n) is 5.34. The highest BCUT2D eigenvalue weighted by atomic mass is 16.7. The minimum Gasteiger partial charge on any atom is -0.490 e. The van der Waals surface area contributed by atoms with Gasteiger partial charge in [0.25, 0.3) is 5.91 Å². The van der Waals surface area contributed by atoms with Crippen LogP contribution in [-0.4, -0.2) is 59.4 Å². The molecule has 202 valence electrons. The number of amides is 1. The summed E-state index contributed by atoms with van der Waals surface area (Å²) in [5.74, 6) is 2.51. The first kappa shape index (κ1) is 25.3. The molecule has 6 rings (SSSR count). The molecule has 1 saturated heterocycles. The molecule has 0 unspecified atom stereocenters. The zero-order chi connectivity index (χ0) is 26.8. The number of piperazine rings is 1. The van der Waals surface area contributed by atoms with Gasteiger partial charge in [0.05, 0.1) is 11.6 Å². The Morgan fingerprint density at radius 1 is 0.872 bits per heavy atom. The van der Waals surface area contributed by atoms with Crippen LogP contribution in [0.15, 0.2) is 72.8 Å². The Bertz CT molecular complexity index is 1460. The average molecular weight is 526 g/mol. The van der Waals surface area contributed by atoms with Gasteiger partial charge in [-0.2, -0.15) is 0 Å². The molecule has 1 atom stereocenters. The number of ether oxygens (including phenoxy) is 3. The van der Waals surface area contributed by atoms with E-state index in [4.69, 9.17) is 14.2 Å². The molecular weight excluding hydrogens is 490 g/mol. The van der Waals surface area contributed by atoms with E-state index >= 15 is 0 Å². The predicted molar refractivity (Wildman–Crippen MR) is 152 cm³/mol. The van der Waals surface area contributed by atoms with Crippen LogP contribution >= 0.6 is 0 Å². The molecule has 7 nitrogen and oxygen atoms in total. The Balaban J connectivity index is 1.22. The standard InChI is InChI=1S/C32H35N3O4/c1-3-23(2)39-29-11-7-10-27-26(29)19-28(35(27)21-24-8-5-4-6-9-24)32(36)34-16-14-33(15-17-34)20-25-12-13-30-31(18-25)38-22-37-30/h4-13,18-19,23H,3,14-17,20-22H2,1-2H3/t23-/m0/s1. The monoisotopic (exact) mass is 525 g/mol. The summed E-state index contributed by atoms with van der Waals surface area (Å²) in [6.45, 7) is 8.95. The quantitative estimate of drug-likeness (QED) is 0.302. The molecular formula is C32H35N3O4. The normalized spacial score (nSPS) is 16.0. The maximum atomic E-state index is 14.0. The lowest BCUT2D eigenvalue weighted by Gasteiger charge is -2.35. The second kappa shape index (κ2) is 11.0. The van der Waals surface area contributed by atoms with Gasteiger partial charge in [-0.05, 0) is 54.8 Å². The molecule has 0 bridgehead atoms. The van der Waals surface area contributed by atoms with Crippen LogP contribution in [-0.2, 0) is 13.1 Å². The summed E-state index contributed by atoms with van der Waals surface area (Å²) in [6.07, 6.45) is 1.02. The topological polar surface area (TPSA) is 56.2 Å². The van der Waals surface area contributed by atoms with Crippen molar-refractivity contribution in [3.8, 4) is 17.2 Å². The van der Waals surface area contributed by atoms with Gasteiger partial charge >= 0.3 is 0 Å². The Labute approximate surface area is 229 Å². The summed E-state index contributed by atoms with van der Waals surface area (Å²) in [4.78, 5) is 18.4. The van der Waals surface area contributed by atoms with Crippen molar-refractivity contribution in [3.05, 3.63) is 89.6 Å². The third-order valence-electron chi connectivity index (χ3n) is 7.71. The van der Waals surface area contributed by atoms with Crippen molar-refractivity contribution in [1.82, 2.24) is 14.4 Å². The van der Waals surface area contributed by atoms with E-state index in [1.807, 2.05) is 47.4 Å². The van der Waals surface area contributed by atoms with Gasteiger partial charge in [-0.3, -0.25) is 9.69 Å². The summed E-state index contributed by atoms with van der Waals surface area (Å²) < 4.78 is 19.4. The molecule has 3 heterocycles. The number of fused-ring (bicyclic) bond motifs is 2. The van der Waals surface area contributed by atoms with E-state index in [9.17, 15) is 4.79 Å². The van der Waals surface area contributed by atoms with E-state index in [1.165, 1.54) is 5.56 Å². The molecule has 39 heavy (non-hydrogen) atoms. The van der Waals surface area contributed by atoms with Crippen LogP contribution in [0, 0.1) is 0 Å². The largest absolute Gasteiger partial charge is 0.490 e. The molecule has 2 aliphatic rings. The lowest BCUT2D eigenvalue weighted by molar-refractivity contribution is 0.0619. The molecule has 0 aliphatic carbocycles. The smallest absolute Gasteiger partial charge is 0.270 e. The van der Waals surface area contributed by atoms with Crippen molar-refractivity contribution in [2.75, 3.05) is 33.0 Å². The Morgan fingerprint density at radius 3 is 2.46 bits per heavy atom. The van der Waals surface area contributed by atoms with Gasteiger partial charge in [-0.1, -0.05) is 49.4 Å². The first-order valence-electron chi connectivity index (χ1n) is 13.8. The molecule has 4 aromatic rings. The van der Waals surface area contributed by atoms with Crippen LogP contribution in [0.3, 0.4) is 0 Å². The Hall–Kier alpha value is -3.97. The first-order chi connectivity index (χ1) is 19.1. The zero-order valence-electron chi connectivity index (χ0n) is 22.6. The Kier molecular flexibility index (Phi) is 7.16. The maximum Gasteiger partial charge on any atom is 0.270 e. The van der Waals surface area contributed by atoms with E-state index in [1.54, 1.807) is 0 Å². The van der Waals surface area contributed by atoms with Crippen molar-refractivity contribution in [2.45, 2.75) is 39.5 Å². The molecule has 0 N–H and O–H groups in total. The summed E-state index contributed by atoms with van der Waals surface area (Å²) in [5, 5.41) is 0.985. The second-order valence-electron chi connectivity index (χ2n) is 10.4. The van der Waals surface area contributed by atoms with Gasteiger partial charge in [0.1, 0.15) is 11.4 Å². The Morgan fingerprint density at radius 2 is 1.67 bits per heavy atom. The van der Waals surface area contributed by atoms with Gasteiger partial charge in [-0.15, -0.1) is 0 Å². The van der Waals surface area contributed by atoms with Crippen LogP contribution in [0.1, 0.15) is 41.9 Å². The van der Waals surface area contributed by atoms with Crippen LogP contribution in [0.2, 0.25) is 0 Å². The fourth-order valence-corrected chi connectivity index (χ4v) is 5.34.